The lowest BCUT2D eigenvalue weighted by Crippen LogP contribution is -2.32. The minimum Gasteiger partial charge on any atom is -0.465 e. The van der Waals surface area contributed by atoms with E-state index < -0.39 is 22.2 Å². The number of anilines is 1. The van der Waals surface area contributed by atoms with E-state index in [2.05, 4.69) is 5.32 Å². The number of amides is 1. The van der Waals surface area contributed by atoms with Crippen molar-refractivity contribution in [3.8, 4) is 0 Å². The average Bonchev–Trinajstić information content (AvgIpc) is 3.21. The predicted molar refractivity (Wildman–Crippen MR) is 108 cm³/mol. The Morgan fingerprint density at radius 3 is 2.25 bits per heavy atom. The van der Waals surface area contributed by atoms with Crippen LogP contribution in [-0.2, 0) is 14.8 Å². The van der Waals surface area contributed by atoms with Crippen LogP contribution in [0.3, 0.4) is 0 Å². The number of nitrogens with zero attached hydrogens (tertiary/aromatic N) is 1. The SMILES string of the molecule is CCCN(CCC)S(=O)(=O)c1ccc(NC(=O)O[C@@H](CC)c2ccco2)cc1. The molecule has 0 aliphatic rings. The van der Waals surface area contributed by atoms with Crippen molar-refractivity contribution in [2.45, 2.75) is 51.0 Å². The molecule has 0 bridgehead atoms. The molecule has 1 aromatic carbocycles. The maximum atomic E-state index is 12.8. The first-order chi connectivity index (χ1) is 13.4. The molecular weight excluding hydrogens is 380 g/mol. The lowest BCUT2D eigenvalue weighted by molar-refractivity contribution is 0.0943. The predicted octanol–water partition coefficient (Wildman–Crippen LogP) is 4.79. The molecule has 2 rings (SSSR count). The summed E-state index contributed by atoms with van der Waals surface area (Å²) in [6, 6.07) is 9.58. The molecule has 0 radical (unpaired) electrons. The van der Waals surface area contributed by atoms with Gasteiger partial charge in [0.1, 0.15) is 5.76 Å². The van der Waals surface area contributed by atoms with Crippen LogP contribution in [0.5, 0.6) is 0 Å². The number of rotatable bonds is 10. The minimum absolute atomic E-state index is 0.204. The Balaban J connectivity index is 2.04. The quantitative estimate of drug-likeness (QED) is 0.610. The number of carbonyl (C=O) groups excluding carboxylic acids is 1. The van der Waals surface area contributed by atoms with Crippen LogP contribution in [0.1, 0.15) is 51.9 Å². The molecule has 0 aliphatic carbocycles. The van der Waals surface area contributed by atoms with Crippen molar-refractivity contribution in [3.05, 3.63) is 48.4 Å². The average molecular weight is 409 g/mol. The van der Waals surface area contributed by atoms with Crippen LogP contribution in [-0.4, -0.2) is 31.9 Å². The van der Waals surface area contributed by atoms with E-state index >= 15 is 0 Å². The van der Waals surface area contributed by atoms with E-state index in [1.54, 1.807) is 24.3 Å². The van der Waals surface area contributed by atoms with Crippen molar-refractivity contribution in [2.24, 2.45) is 0 Å². The summed E-state index contributed by atoms with van der Waals surface area (Å²) >= 11 is 0. The number of hydrogen-bond acceptors (Lipinski definition) is 5. The van der Waals surface area contributed by atoms with Gasteiger partial charge in [-0.2, -0.15) is 4.31 Å². The van der Waals surface area contributed by atoms with Gasteiger partial charge in [0.25, 0.3) is 0 Å². The maximum Gasteiger partial charge on any atom is 0.412 e. The van der Waals surface area contributed by atoms with Crippen LogP contribution in [0.25, 0.3) is 0 Å². The molecule has 7 nitrogen and oxygen atoms in total. The third-order valence-corrected chi connectivity index (χ3v) is 6.08. The van der Waals surface area contributed by atoms with Crippen molar-refractivity contribution in [1.29, 1.82) is 0 Å². The lowest BCUT2D eigenvalue weighted by Gasteiger charge is -2.21. The van der Waals surface area contributed by atoms with E-state index in [4.69, 9.17) is 9.15 Å². The summed E-state index contributed by atoms with van der Waals surface area (Å²) in [7, 11) is -3.55. The van der Waals surface area contributed by atoms with Crippen LogP contribution < -0.4 is 5.32 Å². The molecule has 1 heterocycles. The summed E-state index contributed by atoms with van der Waals surface area (Å²) in [6.07, 6.45) is 2.49. The largest absolute Gasteiger partial charge is 0.465 e. The molecule has 1 atom stereocenters. The van der Waals surface area contributed by atoms with Crippen LogP contribution in [0, 0.1) is 0 Å². The molecular formula is C20H28N2O5S. The first kappa shape index (κ1) is 22.0. The Morgan fingerprint density at radius 1 is 1.11 bits per heavy atom. The summed E-state index contributed by atoms with van der Waals surface area (Å²) < 4.78 is 37.7. The molecule has 0 saturated heterocycles. The van der Waals surface area contributed by atoms with Crippen molar-refractivity contribution in [1.82, 2.24) is 4.31 Å². The highest BCUT2D eigenvalue weighted by atomic mass is 32.2. The number of furan rings is 1. The van der Waals surface area contributed by atoms with Gasteiger partial charge in [0.05, 0.1) is 11.2 Å². The fourth-order valence-corrected chi connectivity index (χ4v) is 4.43. The Labute approximate surface area is 166 Å². The Hall–Kier alpha value is -2.32. The van der Waals surface area contributed by atoms with Gasteiger partial charge in [-0.25, -0.2) is 13.2 Å². The van der Waals surface area contributed by atoms with E-state index in [0.717, 1.165) is 12.8 Å². The van der Waals surface area contributed by atoms with Crippen molar-refractivity contribution >= 4 is 21.8 Å². The van der Waals surface area contributed by atoms with E-state index in [-0.39, 0.29) is 4.90 Å². The van der Waals surface area contributed by atoms with Gasteiger partial charge in [-0.3, -0.25) is 5.32 Å². The standard InChI is InChI=1S/C20H28N2O5S/c1-4-13-22(14-5-2)28(24,25)17-11-9-16(10-12-17)21-20(23)27-18(6-3)19-8-7-15-26-19/h7-12,15,18H,4-6,13-14H2,1-3H3,(H,21,23)/t18-/m0/s1. The number of carbonyl (C=O) groups is 1. The third kappa shape index (κ3) is 5.59. The fourth-order valence-electron chi connectivity index (χ4n) is 2.80. The van der Waals surface area contributed by atoms with Crippen molar-refractivity contribution in [2.75, 3.05) is 18.4 Å². The first-order valence-corrected chi connectivity index (χ1v) is 11.0. The summed E-state index contributed by atoms with van der Waals surface area (Å²) in [6.45, 7) is 6.74. The number of hydrogen-bond donors (Lipinski definition) is 1. The second-order valence-corrected chi connectivity index (χ2v) is 8.31. The van der Waals surface area contributed by atoms with Crippen LogP contribution in [0.4, 0.5) is 10.5 Å². The molecule has 0 aliphatic heterocycles. The van der Waals surface area contributed by atoms with Crippen LogP contribution >= 0.6 is 0 Å². The van der Waals surface area contributed by atoms with Gasteiger partial charge in [-0.15, -0.1) is 0 Å². The summed E-state index contributed by atoms with van der Waals surface area (Å²) in [5, 5.41) is 2.62. The second-order valence-electron chi connectivity index (χ2n) is 6.37. The lowest BCUT2D eigenvalue weighted by atomic mass is 10.2. The summed E-state index contributed by atoms with van der Waals surface area (Å²) in [5.41, 5.74) is 0.454. The van der Waals surface area contributed by atoms with E-state index in [0.29, 0.717) is 31.0 Å². The van der Waals surface area contributed by atoms with Gasteiger partial charge < -0.3 is 9.15 Å². The molecule has 1 amide bonds. The van der Waals surface area contributed by atoms with E-state index in [9.17, 15) is 13.2 Å². The van der Waals surface area contributed by atoms with Crippen molar-refractivity contribution in [3.63, 3.8) is 0 Å². The van der Waals surface area contributed by atoms with Gasteiger partial charge in [0.2, 0.25) is 10.0 Å². The molecule has 154 valence electrons. The molecule has 8 heteroatoms. The highest BCUT2D eigenvalue weighted by Crippen LogP contribution is 2.23. The molecule has 0 spiro atoms. The molecule has 0 saturated carbocycles. The molecule has 0 unspecified atom stereocenters. The van der Waals surface area contributed by atoms with Crippen molar-refractivity contribution < 1.29 is 22.4 Å². The normalized spacial score (nSPS) is 12.7. The Morgan fingerprint density at radius 2 is 1.75 bits per heavy atom. The Kier molecular flexibility index (Phi) is 8.07. The second kappa shape index (κ2) is 10.3. The zero-order chi connectivity index (χ0) is 20.6. The highest BCUT2D eigenvalue weighted by molar-refractivity contribution is 7.89. The Bertz CT molecular complexity index is 826. The molecule has 1 aromatic heterocycles. The first-order valence-electron chi connectivity index (χ1n) is 9.53. The summed E-state index contributed by atoms with van der Waals surface area (Å²) in [5.74, 6) is 0.575. The summed E-state index contributed by atoms with van der Waals surface area (Å²) in [4.78, 5) is 12.3. The van der Waals surface area contributed by atoms with Gasteiger partial charge in [-0.05, 0) is 55.7 Å². The van der Waals surface area contributed by atoms with Gasteiger partial charge in [0, 0.05) is 18.8 Å². The van der Waals surface area contributed by atoms with Gasteiger partial charge in [-0.1, -0.05) is 20.8 Å². The zero-order valence-electron chi connectivity index (χ0n) is 16.6. The number of sulfonamides is 1. The highest BCUT2D eigenvalue weighted by Gasteiger charge is 2.23. The number of nitrogens with one attached hydrogen (secondary N) is 1. The third-order valence-electron chi connectivity index (χ3n) is 4.17. The van der Waals surface area contributed by atoms with Gasteiger partial charge >= 0.3 is 6.09 Å². The smallest absolute Gasteiger partial charge is 0.412 e. The van der Waals surface area contributed by atoms with Gasteiger partial charge in [0.15, 0.2) is 6.10 Å². The molecule has 1 N–H and O–H groups in total. The van der Waals surface area contributed by atoms with E-state index in [1.165, 1.54) is 22.7 Å². The maximum absolute atomic E-state index is 12.8. The molecule has 28 heavy (non-hydrogen) atoms. The zero-order valence-corrected chi connectivity index (χ0v) is 17.4. The molecule has 0 fully saturated rings. The number of benzene rings is 1. The topological polar surface area (TPSA) is 88.9 Å². The fraction of sp³-hybridized carbons (Fsp3) is 0.450. The van der Waals surface area contributed by atoms with Crippen LogP contribution in [0.15, 0.2) is 52.0 Å². The van der Waals surface area contributed by atoms with E-state index in [1.807, 2.05) is 20.8 Å². The molecule has 2 aromatic rings. The number of ether oxygens (including phenoxy) is 1. The minimum atomic E-state index is -3.55. The van der Waals surface area contributed by atoms with Crippen LogP contribution in [0.2, 0.25) is 0 Å². The monoisotopic (exact) mass is 408 g/mol.